The fourth-order valence-electron chi connectivity index (χ4n) is 1.96. The Labute approximate surface area is 109 Å². The van der Waals surface area contributed by atoms with E-state index in [0.29, 0.717) is 12.1 Å². The highest BCUT2D eigenvalue weighted by molar-refractivity contribution is 4.65. The van der Waals surface area contributed by atoms with Crippen LogP contribution in [0.25, 0.3) is 0 Å². The largest absolute Gasteiger partial charge is 0.377 e. The van der Waals surface area contributed by atoms with E-state index in [1.807, 2.05) is 0 Å². The first-order valence-corrected chi connectivity index (χ1v) is 7.59. The van der Waals surface area contributed by atoms with Gasteiger partial charge in [-0.2, -0.15) is 0 Å². The lowest BCUT2D eigenvalue weighted by molar-refractivity contribution is 0.0608. The molecule has 0 aliphatic heterocycles. The van der Waals surface area contributed by atoms with Gasteiger partial charge < -0.3 is 10.1 Å². The average molecular weight is 243 g/mol. The molecule has 0 rings (SSSR count). The van der Waals surface area contributed by atoms with Crippen molar-refractivity contribution in [3.63, 3.8) is 0 Å². The summed E-state index contributed by atoms with van der Waals surface area (Å²) in [6.45, 7) is 10.8. The number of nitrogens with one attached hydrogen (secondary N) is 1. The zero-order valence-electron chi connectivity index (χ0n) is 12.4. The van der Waals surface area contributed by atoms with Crippen molar-refractivity contribution in [2.24, 2.45) is 0 Å². The van der Waals surface area contributed by atoms with E-state index in [-0.39, 0.29) is 0 Å². The molecule has 2 nitrogen and oxygen atoms in total. The number of hydrogen-bond acceptors (Lipinski definition) is 2. The van der Waals surface area contributed by atoms with Gasteiger partial charge in [-0.25, -0.2) is 0 Å². The van der Waals surface area contributed by atoms with Gasteiger partial charge in [0, 0.05) is 19.2 Å². The molecule has 0 amide bonds. The van der Waals surface area contributed by atoms with E-state index in [1.165, 1.54) is 44.9 Å². The first-order chi connectivity index (χ1) is 8.24. The highest BCUT2D eigenvalue weighted by atomic mass is 16.5. The van der Waals surface area contributed by atoms with Gasteiger partial charge in [-0.1, -0.05) is 46.5 Å². The highest BCUT2D eigenvalue weighted by Crippen LogP contribution is 2.03. The molecule has 17 heavy (non-hydrogen) atoms. The minimum absolute atomic E-state index is 0.349. The Morgan fingerprint density at radius 1 is 0.941 bits per heavy atom. The Bertz CT molecular complexity index is 146. The fraction of sp³-hybridized carbons (Fsp3) is 1.00. The summed E-state index contributed by atoms with van der Waals surface area (Å²) in [6.07, 6.45) is 9.35. The van der Waals surface area contributed by atoms with E-state index in [4.69, 9.17) is 4.74 Å². The summed E-state index contributed by atoms with van der Waals surface area (Å²) < 4.78 is 5.80. The summed E-state index contributed by atoms with van der Waals surface area (Å²) in [5.74, 6) is 0. The van der Waals surface area contributed by atoms with E-state index in [2.05, 4.69) is 33.0 Å². The molecule has 1 N–H and O–H groups in total. The maximum atomic E-state index is 5.80. The summed E-state index contributed by atoms with van der Waals surface area (Å²) in [6, 6.07) is 0.658. The molecule has 0 radical (unpaired) electrons. The predicted octanol–water partition coefficient (Wildman–Crippen LogP) is 4.14. The molecule has 0 saturated heterocycles. The maximum Gasteiger partial charge on any atom is 0.0671 e. The molecular formula is C15H33NO. The van der Waals surface area contributed by atoms with Gasteiger partial charge in [-0.15, -0.1) is 0 Å². The lowest BCUT2D eigenvalue weighted by atomic mass is 10.1. The molecule has 0 spiro atoms. The minimum Gasteiger partial charge on any atom is -0.377 e. The third kappa shape index (κ3) is 10.8. The molecule has 0 bridgehead atoms. The van der Waals surface area contributed by atoms with Crippen molar-refractivity contribution in [2.45, 2.75) is 84.8 Å². The highest BCUT2D eigenvalue weighted by Gasteiger charge is 2.06. The molecule has 0 heterocycles. The SMILES string of the molecule is CCCCCCCOC(C)CNC(CC)CC. The van der Waals surface area contributed by atoms with E-state index < -0.39 is 0 Å². The minimum atomic E-state index is 0.349. The van der Waals surface area contributed by atoms with Crippen LogP contribution in [0.3, 0.4) is 0 Å². The van der Waals surface area contributed by atoms with E-state index in [9.17, 15) is 0 Å². The summed E-state index contributed by atoms with van der Waals surface area (Å²) in [5.41, 5.74) is 0. The van der Waals surface area contributed by atoms with Crippen LogP contribution in [0.15, 0.2) is 0 Å². The van der Waals surface area contributed by atoms with Crippen LogP contribution in [0.4, 0.5) is 0 Å². The van der Waals surface area contributed by atoms with Gasteiger partial charge >= 0.3 is 0 Å². The second kappa shape index (κ2) is 12.4. The van der Waals surface area contributed by atoms with Crippen LogP contribution >= 0.6 is 0 Å². The lowest BCUT2D eigenvalue weighted by Gasteiger charge is -2.19. The molecule has 0 aromatic rings. The lowest BCUT2D eigenvalue weighted by Crippen LogP contribution is -2.34. The first kappa shape index (κ1) is 16.9. The number of unbranched alkanes of at least 4 members (excludes halogenated alkanes) is 4. The van der Waals surface area contributed by atoms with Gasteiger partial charge in [0.25, 0.3) is 0 Å². The van der Waals surface area contributed by atoms with Crippen LogP contribution < -0.4 is 5.32 Å². The van der Waals surface area contributed by atoms with Crippen LogP contribution in [-0.2, 0) is 4.74 Å². The van der Waals surface area contributed by atoms with E-state index in [1.54, 1.807) is 0 Å². The third-order valence-corrected chi connectivity index (χ3v) is 3.33. The molecule has 1 atom stereocenters. The monoisotopic (exact) mass is 243 g/mol. The second-order valence-corrected chi connectivity index (χ2v) is 5.02. The Morgan fingerprint density at radius 3 is 2.18 bits per heavy atom. The normalized spacial score (nSPS) is 13.2. The maximum absolute atomic E-state index is 5.80. The first-order valence-electron chi connectivity index (χ1n) is 7.59. The van der Waals surface area contributed by atoms with E-state index in [0.717, 1.165) is 13.2 Å². The van der Waals surface area contributed by atoms with Crippen molar-refractivity contribution in [1.82, 2.24) is 5.32 Å². The Hall–Kier alpha value is -0.0800. The van der Waals surface area contributed by atoms with Gasteiger partial charge in [0.15, 0.2) is 0 Å². The van der Waals surface area contributed by atoms with Gasteiger partial charge in [-0.3, -0.25) is 0 Å². The molecule has 0 fully saturated rings. The van der Waals surface area contributed by atoms with Crippen LogP contribution in [-0.4, -0.2) is 25.3 Å². The Kier molecular flexibility index (Phi) is 12.3. The molecule has 0 aliphatic carbocycles. The summed E-state index contributed by atoms with van der Waals surface area (Å²) in [7, 11) is 0. The average Bonchev–Trinajstić information content (AvgIpc) is 2.35. The number of hydrogen-bond donors (Lipinski definition) is 1. The standard InChI is InChI=1S/C15H33NO/c1-5-8-9-10-11-12-17-14(4)13-16-15(6-2)7-3/h14-16H,5-13H2,1-4H3. The van der Waals surface area contributed by atoms with Crippen molar-refractivity contribution in [1.29, 1.82) is 0 Å². The van der Waals surface area contributed by atoms with Crippen LogP contribution in [0, 0.1) is 0 Å². The van der Waals surface area contributed by atoms with Crippen molar-refractivity contribution in [3.8, 4) is 0 Å². The number of rotatable bonds is 12. The van der Waals surface area contributed by atoms with Gasteiger partial charge in [0.1, 0.15) is 0 Å². The van der Waals surface area contributed by atoms with Crippen molar-refractivity contribution >= 4 is 0 Å². The van der Waals surface area contributed by atoms with Crippen molar-refractivity contribution in [2.75, 3.05) is 13.2 Å². The summed E-state index contributed by atoms with van der Waals surface area (Å²) in [4.78, 5) is 0. The van der Waals surface area contributed by atoms with Crippen molar-refractivity contribution < 1.29 is 4.74 Å². The fourth-order valence-corrected chi connectivity index (χ4v) is 1.96. The van der Waals surface area contributed by atoms with Crippen LogP contribution in [0.2, 0.25) is 0 Å². The summed E-state index contributed by atoms with van der Waals surface area (Å²) >= 11 is 0. The molecule has 104 valence electrons. The molecule has 2 heteroatoms. The Balaban J connectivity index is 3.30. The quantitative estimate of drug-likeness (QED) is 0.520. The molecule has 0 aromatic heterocycles. The molecule has 0 aromatic carbocycles. The van der Waals surface area contributed by atoms with E-state index >= 15 is 0 Å². The third-order valence-electron chi connectivity index (χ3n) is 3.33. The van der Waals surface area contributed by atoms with Crippen LogP contribution in [0.1, 0.15) is 72.6 Å². The molecular weight excluding hydrogens is 210 g/mol. The zero-order valence-corrected chi connectivity index (χ0v) is 12.4. The molecule has 0 saturated carbocycles. The van der Waals surface area contributed by atoms with Gasteiger partial charge in [-0.05, 0) is 26.2 Å². The number of ether oxygens (including phenoxy) is 1. The zero-order chi connectivity index (χ0) is 12.9. The molecule has 1 unspecified atom stereocenters. The molecule has 0 aliphatic rings. The topological polar surface area (TPSA) is 21.3 Å². The predicted molar refractivity (Wildman–Crippen MR) is 76.5 cm³/mol. The van der Waals surface area contributed by atoms with Crippen molar-refractivity contribution in [3.05, 3.63) is 0 Å². The smallest absolute Gasteiger partial charge is 0.0671 e. The van der Waals surface area contributed by atoms with Gasteiger partial charge in [0.2, 0.25) is 0 Å². The summed E-state index contributed by atoms with van der Waals surface area (Å²) in [5, 5.41) is 3.56. The Morgan fingerprint density at radius 2 is 1.59 bits per heavy atom. The van der Waals surface area contributed by atoms with Gasteiger partial charge in [0.05, 0.1) is 6.10 Å². The second-order valence-electron chi connectivity index (χ2n) is 5.02. The van der Waals surface area contributed by atoms with Crippen LogP contribution in [0.5, 0.6) is 0 Å².